The van der Waals surface area contributed by atoms with Crippen LogP contribution in [0.2, 0.25) is 0 Å². The lowest BCUT2D eigenvalue weighted by Gasteiger charge is -2.10. The lowest BCUT2D eigenvalue weighted by Crippen LogP contribution is -2.09. The van der Waals surface area contributed by atoms with Crippen LogP contribution in [0.3, 0.4) is 0 Å². The van der Waals surface area contributed by atoms with Gasteiger partial charge < -0.3 is 4.74 Å². The Morgan fingerprint density at radius 1 is 1.50 bits per heavy atom. The van der Waals surface area contributed by atoms with Crippen LogP contribution in [0.15, 0.2) is 22.7 Å². The first kappa shape index (κ1) is 11.8. The van der Waals surface area contributed by atoms with E-state index in [1.807, 2.05) is 6.92 Å². The molecule has 0 aliphatic heterocycles. The van der Waals surface area contributed by atoms with Crippen LogP contribution in [0, 0.1) is 11.7 Å². The molecule has 0 saturated carbocycles. The van der Waals surface area contributed by atoms with Gasteiger partial charge in [-0.2, -0.15) is 0 Å². The minimum absolute atomic E-state index is 0.263. The summed E-state index contributed by atoms with van der Waals surface area (Å²) in [5.41, 5.74) is 0. The van der Waals surface area contributed by atoms with Gasteiger partial charge in [0, 0.05) is 22.3 Å². The maximum absolute atomic E-state index is 12.9. The first-order chi connectivity index (χ1) is 6.61. The lowest BCUT2D eigenvalue weighted by molar-refractivity contribution is 0.271. The van der Waals surface area contributed by atoms with Crippen molar-refractivity contribution in [2.45, 2.75) is 6.92 Å². The van der Waals surface area contributed by atoms with Gasteiger partial charge in [0.1, 0.15) is 11.6 Å². The molecule has 14 heavy (non-hydrogen) atoms. The summed E-state index contributed by atoms with van der Waals surface area (Å²) in [6.07, 6.45) is 0. The van der Waals surface area contributed by atoms with Gasteiger partial charge >= 0.3 is 0 Å². The van der Waals surface area contributed by atoms with E-state index < -0.39 is 0 Å². The zero-order chi connectivity index (χ0) is 10.6. The molecule has 1 unspecified atom stereocenters. The highest BCUT2D eigenvalue weighted by molar-refractivity contribution is 9.10. The second kappa shape index (κ2) is 5.56. The smallest absolute Gasteiger partial charge is 0.128 e. The summed E-state index contributed by atoms with van der Waals surface area (Å²) < 4.78 is 18.9. The predicted octanol–water partition coefficient (Wildman–Crippen LogP) is 3.84. The standard InChI is InChI=1S/C10H11BrClFO/c1-7(5-12)6-14-10-3-8(11)2-9(13)4-10/h2-4,7H,5-6H2,1H3. The van der Waals surface area contributed by atoms with Crippen molar-refractivity contribution in [2.24, 2.45) is 5.92 Å². The van der Waals surface area contributed by atoms with Crippen LogP contribution < -0.4 is 4.74 Å². The summed E-state index contributed by atoms with van der Waals surface area (Å²) in [6.45, 7) is 2.47. The van der Waals surface area contributed by atoms with Gasteiger partial charge in [0.2, 0.25) is 0 Å². The molecule has 0 aromatic heterocycles. The molecule has 0 heterocycles. The Kier molecular flexibility index (Phi) is 4.69. The van der Waals surface area contributed by atoms with Crippen LogP contribution in [0.4, 0.5) is 4.39 Å². The number of benzene rings is 1. The monoisotopic (exact) mass is 280 g/mol. The van der Waals surface area contributed by atoms with Crippen molar-refractivity contribution in [3.8, 4) is 5.75 Å². The molecule has 0 N–H and O–H groups in total. The minimum atomic E-state index is -0.312. The van der Waals surface area contributed by atoms with Gasteiger partial charge in [0.25, 0.3) is 0 Å². The van der Waals surface area contributed by atoms with Gasteiger partial charge in [-0.05, 0) is 12.1 Å². The number of halogens is 3. The fourth-order valence-corrected chi connectivity index (χ4v) is 1.43. The molecule has 0 bridgehead atoms. The molecule has 4 heteroatoms. The van der Waals surface area contributed by atoms with Gasteiger partial charge in [-0.3, -0.25) is 0 Å². The zero-order valence-corrected chi connectivity index (χ0v) is 10.1. The van der Waals surface area contributed by atoms with Crippen molar-refractivity contribution < 1.29 is 9.13 Å². The Morgan fingerprint density at radius 3 is 2.79 bits per heavy atom. The first-order valence-electron chi connectivity index (χ1n) is 4.26. The molecule has 0 aliphatic rings. The van der Waals surface area contributed by atoms with E-state index in [0.717, 1.165) is 0 Å². The van der Waals surface area contributed by atoms with Gasteiger partial charge in [-0.1, -0.05) is 22.9 Å². The van der Waals surface area contributed by atoms with Crippen LogP contribution in [0.25, 0.3) is 0 Å². The second-order valence-electron chi connectivity index (χ2n) is 3.18. The number of ether oxygens (including phenoxy) is 1. The molecule has 0 spiro atoms. The van der Waals surface area contributed by atoms with E-state index in [0.29, 0.717) is 22.7 Å². The number of alkyl halides is 1. The predicted molar refractivity (Wildman–Crippen MR) is 59.5 cm³/mol. The highest BCUT2D eigenvalue weighted by atomic mass is 79.9. The van der Waals surface area contributed by atoms with E-state index >= 15 is 0 Å². The normalized spacial score (nSPS) is 12.6. The summed E-state index contributed by atoms with van der Waals surface area (Å²) in [5, 5.41) is 0. The van der Waals surface area contributed by atoms with Gasteiger partial charge in [-0.15, -0.1) is 11.6 Å². The van der Waals surface area contributed by atoms with Crippen LogP contribution in [0.1, 0.15) is 6.92 Å². The number of hydrogen-bond acceptors (Lipinski definition) is 1. The largest absolute Gasteiger partial charge is 0.493 e. The topological polar surface area (TPSA) is 9.23 Å². The Morgan fingerprint density at radius 2 is 2.21 bits per heavy atom. The lowest BCUT2D eigenvalue weighted by atomic mass is 10.2. The van der Waals surface area contributed by atoms with E-state index in [2.05, 4.69) is 15.9 Å². The van der Waals surface area contributed by atoms with Crippen molar-refractivity contribution in [1.82, 2.24) is 0 Å². The van der Waals surface area contributed by atoms with Crippen LogP contribution in [0.5, 0.6) is 5.75 Å². The molecule has 1 aromatic carbocycles. The zero-order valence-electron chi connectivity index (χ0n) is 7.77. The highest BCUT2D eigenvalue weighted by Crippen LogP contribution is 2.21. The Balaban J connectivity index is 2.58. The molecule has 0 fully saturated rings. The van der Waals surface area contributed by atoms with E-state index in [4.69, 9.17) is 16.3 Å². The third-order valence-corrected chi connectivity index (χ3v) is 2.62. The molecule has 0 radical (unpaired) electrons. The summed E-state index contributed by atoms with van der Waals surface area (Å²) in [5.74, 6) is 1.01. The molecular formula is C10H11BrClFO. The van der Waals surface area contributed by atoms with Crippen molar-refractivity contribution in [3.05, 3.63) is 28.5 Å². The van der Waals surface area contributed by atoms with Crippen LogP contribution >= 0.6 is 27.5 Å². The summed E-state index contributed by atoms with van der Waals surface area (Å²) >= 11 is 8.81. The van der Waals surface area contributed by atoms with Crippen LogP contribution in [-0.4, -0.2) is 12.5 Å². The molecule has 0 amide bonds. The molecular weight excluding hydrogens is 270 g/mol. The highest BCUT2D eigenvalue weighted by Gasteiger charge is 2.03. The first-order valence-corrected chi connectivity index (χ1v) is 5.59. The fourth-order valence-electron chi connectivity index (χ4n) is 0.895. The summed E-state index contributed by atoms with van der Waals surface area (Å²) in [4.78, 5) is 0. The third kappa shape index (κ3) is 3.84. The Hall–Kier alpha value is -0.280. The second-order valence-corrected chi connectivity index (χ2v) is 4.40. The minimum Gasteiger partial charge on any atom is -0.493 e. The van der Waals surface area contributed by atoms with Crippen LogP contribution in [-0.2, 0) is 0 Å². The van der Waals surface area contributed by atoms with Gasteiger partial charge in [0.15, 0.2) is 0 Å². The SMILES string of the molecule is CC(CCl)COc1cc(F)cc(Br)c1. The van der Waals surface area contributed by atoms with Crippen molar-refractivity contribution in [3.63, 3.8) is 0 Å². The van der Waals surface area contributed by atoms with Gasteiger partial charge in [-0.25, -0.2) is 4.39 Å². The Bertz CT molecular complexity index is 286. The number of rotatable bonds is 4. The van der Waals surface area contributed by atoms with Crippen molar-refractivity contribution >= 4 is 27.5 Å². The van der Waals surface area contributed by atoms with E-state index in [1.54, 1.807) is 6.07 Å². The molecule has 0 saturated heterocycles. The molecule has 0 aliphatic carbocycles. The van der Waals surface area contributed by atoms with Gasteiger partial charge in [0.05, 0.1) is 6.61 Å². The third-order valence-electron chi connectivity index (χ3n) is 1.63. The Labute approximate surface area is 96.3 Å². The average molecular weight is 282 g/mol. The molecule has 1 rings (SSSR count). The molecule has 1 nitrogen and oxygen atoms in total. The quantitative estimate of drug-likeness (QED) is 0.762. The maximum atomic E-state index is 12.9. The number of hydrogen-bond donors (Lipinski definition) is 0. The summed E-state index contributed by atoms with van der Waals surface area (Å²) in [7, 11) is 0. The van der Waals surface area contributed by atoms with E-state index in [9.17, 15) is 4.39 Å². The average Bonchev–Trinajstić information content (AvgIpc) is 2.12. The molecule has 78 valence electrons. The molecule has 1 atom stereocenters. The van der Waals surface area contributed by atoms with Crippen molar-refractivity contribution in [2.75, 3.05) is 12.5 Å². The molecule has 1 aromatic rings. The summed E-state index contributed by atoms with van der Waals surface area (Å²) in [6, 6.07) is 4.47. The fraction of sp³-hybridized carbons (Fsp3) is 0.400. The van der Waals surface area contributed by atoms with E-state index in [-0.39, 0.29) is 11.7 Å². The van der Waals surface area contributed by atoms with Crippen molar-refractivity contribution in [1.29, 1.82) is 0 Å². The van der Waals surface area contributed by atoms with E-state index in [1.165, 1.54) is 12.1 Å². The maximum Gasteiger partial charge on any atom is 0.128 e.